The van der Waals surface area contributed by atoms with Crippen molar-refractivity contribution in [1.82, 2.24) is 9.97 Å². The highest BCUT2D eigenvalue weighted by Crippen LogP contribution is 2.19. The van der Waals surface area contributed by atoms with Gasteiger partial charge in [-0.15, -0.1) is 0 Å². The molecule has 0 bridgehead atoms. The summed E-state index contributed by atoms with van der Waals surface area (Å²) in [4.78, 5) is 18.0. The van der Waals surface area contributed by atoms with Crippen LogP contribution in [0.2, 0.25) is 0 Å². The van der Waals surface area contributed by atoms with E-state index in [2.05, 4.69) is 9.97 Å². The number of rotatable bonds is 4. The number of aromatic nitrogens is 2. The minimum atomic E-state index is -0.267. The summed E-state index contributed by atoms with van der Waals surface area (Å²) in [7, 11) is 1.45. The summed E-state index contributed by atoms with van der Waals surface area (Å²) in [6.07, 6.45) is 0. The van der Waals surface area contributed by atoms with Gasteiger partial charge in [0.15, 0.2) is 5.16 Å². The van der Waals surface area contributed by atoms with Crippen molar-refractivity contribution < 1.29 is 9.13 Å². The summed E-state index contributed by atoms with van der Waals surface area (Å²) in [5, 5.41) is 0.476. The molecule has 0 spiro atoms. The molecule has 18 heavy (non-hydrogen) atoms. The van der Waals surface area contributed by atoms with Gasteiger partial charge in [-0.3, -0.25) is 4.79 Å². The molecule has 2 aromatic rings. The molecule has 1 heterocycles. The second-order valence-electron chi connectivity index (χ2n) is 3.51. The summed E-state index contributed by atoms with van der Waals surface area (Å²) in [5.41, 5.74) is 0.690. The SMILES string of the molecule is COc1cc(=O)[nH]c(SCc2ccc(F)cc2)n1. The largest absolute Gasteiger partial charge is 0.481 e. The van der Waals surface area contributed by atoms with Crippen LogP contribution in [0.15, 0.2) is 40.3 Å². The summed E-state index contributed by atoms with van der Waals surface area (Å²) >= 11 is 1.35. The van der Waals surface area contributed by atoms with E-state index in [1.54, 1.807) is 12.1 Å². The van der Waals surface area contributed by atoms with Gasteiger partial charge in [-0.2, -0.15) is 4.98 Å². The Labute approximate surface area is 107 Å². The number of nitrogens with one attached hydrogen (secondary N) is 1. The highest BCUT2D eigenvalue weighted by molar-refractivity contribution is 7.98. The number of halogens is 1. The van der Waals surface area contributed by atoms with Crippen LogP contribution in [-0.4, -0.2) is 17.1 Å². The lowest BCUT2D eigenvalue weighted by atomic mass is 10.2. The Hall–Kier alpha value is -1.82. The molecular formula is C12H11FN2O2S. The van der Waals surface area contributed by atoms with Gasteiger partial charge in [0, 0.05) is 5.75 Å². The van der Waals surface area contributed by atoms with Crippen LogP contribution in [0.3, 0.4) is 0 Å². The predicted molar refractivity (Wildman–Crippen MR) is 67.4 cm³/mol. The zero-order chi connectivity index (χ0) is 13.0. The smallest absolute Gasteiger partial charge is 0.255 e. The fraction of sp³-hybridized carbons (Fsp3) is 0.167. The molecule has 0 saturated heterocycles. The fourth-order valence-electron chi connectivity index (χ4n) is 1.32. The van der Waals surface area contributed by atoms with Gasteiger partial charge in [-0.05, 0) is 17.7 Å². The number of aromatic amines is 1. The summed E-state index contributed by atoms with van der Waals surface area (Å²) < 4.78 is 17.6. The Morgan fingerprint density at radius 2 is 2.11 bits per heavy atom. The van der Waals surface area contributed by atoms with E-state index in [4.69, 9.17) is 4.74 Å². The lowest BCUT2D eigenvalue weighted by Crippen LogP contribution is -2.08. The number of ether oxygens (including phenoxy) is 1. The molecule has 94 valence electrons. The molecule has 4 nitrogen and oxygen atoms in total. The minimum Gasteiger partial charge on any atom is -0.481 e. The number of methoxy groups -OCH3 is 1. The zero-order valence-corrected chi connectivity index (χ0v) is 10.5. The maximum Gasteiger partial charge on any atom is 0.255 e. The number of benzene rings is 1. The molecule has 0 radical (unpaired) electrons. The third kappa shape index (κ3) is 3.33. The Bertz CT molecular complexity index is 583. The van der Waals surface area contributed by atoms with Gasteiger partial charge in [0.1, 0.15) is 5.82 Å². The van der Waals surface area contributed by atoms with Crippen LogP contribution in [0.1, 0.15) is 5.56 Å². The highest BCUT2D eigenvalue weighted by atomic mass is 32.2. The molecule has 0 unspecified atom stereocenters. The van der Waals surface area contributed by atoms with Gasteiger partial charge in [0.2, 0.25) is 5.88 Å². The second-order valence-corrected chi connectivity index (χ2v) is 4.47. The van der Waals surface area contributed by atoms with Gasteiger partial charge >= 0.3 is 0 Å². The summed E-state index contributed by atoms with van der Waals surface area (Å²) in [5.74, 6) is 0.605. The van der Waals surface area contributed by atoms with Crippen molar-refractivity contribution in [2.75, 3.05) is 7.11 Å². The van der Waals surface area contributed by atoms with Crippen molar-refractivity contribution in [2.24, 2.45) is 0 Å². The average molecular weight is 266 g/mol. The molecule has 0 aliphatic heterocycles. The molecule has 0 saturated carbocycles. The van der Waals surface area contributed by atoms with Gasteiger partial charge in [0.05, 0.1) is 13.2 Å². The van der Waals surface area contributed by atoms with E-state index in [0.29, 0.717) is 10.9 Å². The van der Waals surface area contributed by atoms with Crippen LogP contribution in [-0.2, 0) is 5.75 Å². The molecule has 0 aliphatic rings. The van der Waals surface area contributed by atoms with Crippen molar-refractivity contribution in [1.29, 1.82) is 0 Å². The maximum absolute atomic E-state index is 12.7. The highest BCUT2D eigenvalue weighted by Gasteiger charge is 2.03. The molecule has 0 fully saturated rings. The monoisotopic (exact) mass is 266 g/mol. The molecule has 0 aliphatic carbocycles. The molecule has 1 aromatic carbocycles. The molecular weight excluding hydrogens is 255 g/mol. The van der Waals surface area contributed by atoms with E-state index in [-0.39, 0.29) is 17.3 Å². The van der Waals surface area contributed by atoms with E-state index in [0.717, 1.165) is 5.56 Å². The molecule has 0 atom stereocenters. The van der Waals surface area contributed by atoms with Crippen LogP contribution in [0.25, 0.3) is 0 Å². The van der Waals surface area contributed by atoms with Gasteiger partial charge in [-0.25, -0.2) is 4.39 Å². The molecule has 6 heteroatoms. The van der Waals surface area contributed by atoms with Crippen LogP contribution in [0.4, 0.5) is 4.39 Å². The number of hydrogen-bond acceptors (Lipinski definition) is 4. The fourth-order valence-corrected chi connectivity index (χ4v) is 2.14. The van der Waals surface area contributed by atoms with Crippen molar-refractivity contribution in [3.63, 3.8) is 0 Å². The van der Waals surface area contributed by atoms with Crippen molar-refractivity contribution in [2.45, 2.75) is 10.9 Å². The summed E-state index contributed by atoms with van der Waals surface area (Å²) in [6.45, 7) is 0. The lowest BCUT2D eigenvalue weighted by Gasteiger charge is -2.03. The Morgan fingerprint density at radius 3 is 2.78 bits per heavy atom. The number of nitrogens with zero attached hydrogens (tertiary/aromatic N) is 1. The molecule has 2 rings (SSSR count). The molecule has 1 N–H and O–H groups in total. The second kappa shape index (κ2) is 5.68. The Kier molecular flexibility index (Phi) is 3.99. The van der Waals surface area contributed by atoms with Crippen molar-refractivity contribution in [3.8, 4) is 5.88 Å². The number of hydrogen-bond donors (Lipinski definition) is 1. The van der Waals surface area contributed by atoms with E-state index in [9.17, 15) is 9.18 Å². The van der Waals surface area contributed by atoms with Crippen LogP contribution < -0.4 is 10.3 Å². The quantitative estimate of drug-likeness (QED) is 0.681. The zero-order valence-electron chi connectivity index (χ0n) is 9.64. The minimum absolute atomic E-state index is 0.261. The molecule has 1 aromatic heterocycles. The standard InChI is InChI=1S/C12H11FN2O2S/c1-17-11-6-10(16)14-12(15-11)18-7-8-2-4-9(13)5-3-8/h2-6H,7H2,1H3,(H,14,15,16). The Balaban J connectivity index is 2.08. The van der Waals surface area contributed by atoms with Crippen LogP contribution >= 0.6 is 11.8 Å². The third-order valence-corrected chi connectivity index (χ3v) is 3.14. The first-order valence-corrected chi connectivity index (χ1v) is 6.18. The van der Waals surface area contributed by atoms with Gasteiger partial charge in [-0.1, -0.05) is 23.9 Å². The van der Waals surface area contributed by atoms with Crippen molar-refractivity contribution in [3.05, 3.63) is 52.1 Å². The van der Waals surface area contributed by atoms with Gasteiger partial charge < -0.3 is 9.72 Å². The lowest BCUT2D eigenvalue weighted by molar-refractivity contribution is 0.391. The first-order valence-electron chi connectivity index (χ1n) is 5.20. The van der Waals surface area contributed by atoms with Crippen LogP contribution in [0, 0.1) is 5.82 Å². The van der Waals surface area contributed by atoms with E-state index >= 15 is 0 Å². The number of H-pyrrole nitrogens is 1. The summed E-state index contributed by atoms with van der Waals surface area (Å²) in [6, 6.07) is 7.47. The van der Waals surface area contributed by atoms with Crippen LogP contribution in [0.5, 0.6) is 5.88 Å². The predicted octanol–water partition coefficient (Wildman–Crippen LogP) is 2.21. The first-order chi connectivity index (χ1) is 8.67. The van der Waals surface area contributed by atoms with Crippen molar-refractivity contribution >= 4 is 11.8 Å². The maximum atomic E-state index is 12.7. The third-order valence-electron chi connectivity index (χ3n) is 2.19. The normalized spacial score (nSPS) is 10.3. The van der Waals surface area contributed by atoms with E-state index in [1.165, 1.54) is 37.1 Å². The topological polar surface area (TPSA) is 55.0 Å². The van der Waals surface area contributed by atoms with E-state index < -0.39 is 0 Å². The van der Waals surface area contributed by atoms with E-state index in [1.807, 2.05) is 0 Å². The Morgan fingerprint density at radius 1 is 1.39 bits per heavy atom. The van der Waals surface area contributed by atoms with Gasteiger partial charge in [0.25, 0.3) is 5.56 Å². The first kappa shape index (κ1) is 12.6. The molecule has 0 amide bonds. The average Bonchev–Trinajstić information content (AvgIpc) is 2.37. The number of thioether (sulfide) groups is 1.